The van der Waals surface area contributed by atoms with Crippen molar-refractivity contribution in [3.63, 3.8) is 0 Å². The van der Waals surface area contributed by atoms with Gasteiger partial charge in [-0.1, -0.05) is 0 Å². The van der Waals surface area contributed by atoms with Gasteiger partial charge in [0.15, 0.2) is 0 Å². The number of nitrogens with zero attached hydrogens (tertiary/aromatic N) is 5. The molecule has 2 aromatic rings. The fourth-order valence-electron chi connectivity index (χ4n) is 2.46. The Morgan fingerprint density at radius 1 is 1.24 bits per heavy atom. The summed E-state index contributed by atoms with van der Waals surface area (Å²) in [5, 5.41) is 7.40. The zero-order chi connectivity index (χ0) is 17.5. The molecular weight excluding hydrogens is 324 g/mol. The van der Waals surface area contributed by atoms with E-state index >= 15 is 0 Å². The lowest BCUT2D eigenvalue weighted by Gasteiger charge is -2.26. The van der Waals surface area contributed by atoms with Gasteiger partial charge >= 0.3 is 5.97 Å². The molecule has 1 aliphatic rings. The number of anilines is 2. The molecule has 9 nitrogen and oxygen atoms in total. The molecule has 2 aromatic heterocycles. The predicted octanol–water partition coefficient (Wildman–Crippen LogP) is 0.926. The van der Waals surface area contributed by atoms with Gasteiger partial charge in [0.2, 0.25) is 5.95 Å². The number of nitrogens with one attached hydrogen (secondary N) is 1. The number of esters is 1. The van der Waals surface area contributed by atoms with Crippen molar-refractivity contribution in [3.8, 4) is 0 Å². The van der Waals surface area contributed by atoms with Crippen LogP contribution in [0.2, 0.25) is 0 Å². The SMILES string of the molecule is CCOC(=O)c1cnc(Nc2cnn(CCN3CCOCC3)c2)nc1. The number of hydrogen-bond acceptors (Lipinski definition) is 8. The Balaban J connectivity index is 1.51. The van der Waals surface area contributed by atoms with Gasteiger partial charge in [0.25, 0.3) is 0 Å². The number of morpholine rings is 1. The summed E-state index contributed by atoms with van der Waals surface area (Å²) in [7, 11) is 0. The van der Waals surface area contributed by atoms with E-state index in [4.69, 9.17) is 9.47 Å². The fourth-order valence-corrected chi connectivity index (χ4v) is 2.46. The van der Waals surface area contributed by atoms with Crippen LogP contribution < -0.4 is 5.32 Å². The molecule has 0 saturated carbocycles. The standard InChI is InChI=1S/C16H22N6O3/c1-2-25-15(23)13-9-17-16(18-10-13)20-14-11-19-22(12-14)4-3-21-5-7-24-8-6-21/h9-12H,2-8H2,1H3,(H,17,18,20). The monoisotopic (exact) mass is 346 g/mol. The van der Waals surface area contributed by atoms with Crippen molar-refractivity contribution < 1.29 is 14.3 Å². The summed E-state index contributed by atoms with van der Waals surface area (Å²) in [6, 6.07) is 0. The highest BCUT2D eigenvalue weighted by atomic mass is 16.5. The molecule has 1 N–H and O–H groups in total. The minimum absolute atomic E-state index is 0.322. The highest BCUT2D eigenvalue weighted by Crippen LogP contribution is 2.12. The minimum Gasteiger partial charge on any atom is -0.462 e. The molecule has 3 rings (SSSR count). The molecule has 25 heavy (non-hydrogen) atoms. The number of aromatic nitrogens is 4. The first-order valence-corrected chi connectivity index (χ1v) is 8.33. The topological polar surface area (TPSA) is 94.4 Å². The Bertz CT molecular complexity index is 681. The summed E-state index contributed by atoms with van der Waals surface area (Å²) in [5.74, 6) is -0.0224. The number of carbonyl (C=O) groups excluding carboxylic acids is 1. The van der Waals surface area contributed by atoms with E-state index in [1.807, 2.05) is 10.9 Å². The first kappa shape index (κ1) is 17.3. The average molecular weight is 346 g/mol. The van der Waals surface area contributed by atoms with E-state index < -0.39 is 5.97 Å². The Morgan fingerprint density at radius 3 is 2.72 bits per heavy atom. The van der Waals surface area contributed by atoms with Crippen molar-refractivity contribution in [1.29, 1.82) is 0 Å². The van der Waals surface area contributed by atoms with Gasteiger partial charge in [-0.25, -0.2) is 14.8 Å². The maximum atomic E-state index is 11.6. The number of carbonyl (C=O) groups is 1. The van der Waals surface area contributed by atoms with Crippen molar-refractivity contribution in [2.75, 3.05) is 44.8 Å². The van der Waals surface area contributed by atoms with Crippen molar-refractivity contribution in [2.24, 2.45) is 0 Å². The third kappa shape index (κ3) is 4.97. The van der Waals surface area contributed by atoms with Crippen LogP contribution >= 0.6 is 0 Å². The fraction of sp³-hybridized carbons (Fsp3) is 0.500. The van der Waals surface area contributed by atoms with E-state index in [1.54, 1.807) is 13.1 Å². The van der Waals surface area contributed by atoms with Crippen LogP contribution in [0.5, 0.6) is 0 Å². The molecule has 0 bridgehead atoms. The molecule has 9 heteroatoms. The molecule has 3 heterocycles. The average Bonchev–Trinajstić information content (AvgIpc) is 3.09. The van der Waals surface area contributed by atoms with E-state index in [1.165, 1.54) is 12.4 Å². The highest BCUT2D eigenvalue weighted by molar-refractivity contribution is 5.88. The molecule has 0 aromatic carbocycles. The largest absolute Gasteiger partial charge is 0.462 e. The lowest BCUT2D eigenvalue weighted by Crippen LogP contribution is -2.38. The van der Waals surface area contributed by atoms with Crippen molar-refractivity contribution in [1.82, 2.24) is 24.6 Å². The predicted molar refractivity (Wildman–Crippen MR) is 90.8 cm³/mol. The molecule has 0 unspecified atom stereocenters. The summed E-state index contributed by atoms with van der Waals surface area (Å²) in [6.07, 6.45) is 6.51. The van der Waals surface area contributed by atoms with E-state index in [2.05, 4.69) is 25.3 Å². The third-order valence-corrected chi connectivity index (χ3v) is 3.80. The van der Waals surface area contributed by atoms with Crippen LogP contribution in [0.15, 0.2) is 24.8 Å². The number of ether oxygens (including phenoxy) is 2. The smallest absolute Gasteiger partial charge is 0.341 e. The van der Waals surface area contributed by atoms with Crippen LogP contribution in [-0.4, -0.2) is 70.1 Å². The van der Waals surface area contributed by atoms with Crippen LogP contribution in [0.1, 0.15) is 17.3 Å². The van der Waals surface area contributed by atoms with E-state index in [9.17, 15) is 4.79 Å². The normalized spacial score (nSPS) is 15.1. The van der Waals surface area contributed by atoms with Gasteiger partial charge in [-0.05, 0) is 6.92 Å². The van der Waals surface area contributed by atoms with Crippen LogP contribution in [-0.2, 0) is 16.0 Å². The van der Waals surface area contributed by atoms with Crippen molar-refractivity contribution in [3.05, 3.63) is 30.4 Å². The summed E-state index contributed by atoms with van der Waals surface area (Å²) in [6.45, 7) is 7.35. The zero-order valence-electron chi connectivity index (χ0n) is 14.2. The second kappa shape index (κ2) is 8.54. The van der Waals surface area contributed by atoms with Gasteiger partial charge < -0.3 is 14.8 Å². The molecule has 0 atom stereocenters. The van der Waals surface area contributed by atoms with E-state index in [-0.39, 0.29) is 0 Å². The zero-order valence-corrected chi connectivity index (χ0v) is 14.2. The maximum absolute atomic E-state index is 11.6. The first-order chi connectivity index (χ1) is 12.2. The Labute approximate surface area is 146 Å². The maximum Gasteiger partial charge on any atom is 0.341 e. The second-order valence-electron chi connectivity index (χ2n) is 5.59. The minimum atomic E-state index is -0.426. The van der Waals surface area contributed by atoms with Crippen LogP contribution in [0.4, 0.5) is 11.6 Å². The molecule has 134 valence electrons. The first-order valence-electron chi connectivity index (χ1n) is 8.33. The summed E-state index contributed by atoms with van der Waals surface area (Å²) < 4.78 is 12.1. The molecule has 0 spiro atoms. The molecule has 0 radical (unpaired) electrons. The summed E-state index contributed by atoms with van der Waals surface area (Å²) >= 11 is 0. The summed E-state index contributed by atoms with van der Waals surface area (Å²) in [4.78, 5) is 22.2. The van der Waals surface area contributed by atoms with Crippen LogP contribution in [0.25, 0.3) is 0 Å². The van der Waals surface area contributed by atoms with Gasteiger partial charge in [-0.15, -0.1) is 0 Å². The lowest BCUT2D eigenvalue weighted by molar-refractivity contribution is 0.0359. The van der Waals surface area contributed by atoms with Crippen molar-refractivity contribution in [2.45, 2.75) is 13.5 Å². The number of rotatable bonds is 7. The van der Waals surface area contributed by atoms with Gasteiger partial charge in [-0.3, -0.25) is 9.58 Å². The number of hydrogen-bond donors (Lipinski definition) is 1. The Morgan fingerprint density at radius 2 is 2.00 bits per heavy atom. The lowest BCUT2D eigenvalue weighted by atomic mass is 10.3. The van der Waals surface area contributed by atoms with Crippen molar-refractivity contribution >= 4 is 17.6 Å². The highest BCUT2D eigenvalue weighted by Gasteiger charge is 2.11. The van der Waals surface area contributed by atoms with Gasteiger partial charge in [0.05, 0.1) is 43.8 Å². The molecule has 1 saturated heterocycles. The van der Waals surface area contributed by atoms with Crippen LogP contribution in [0, 0.1) is 0 Å². The second-order valence-corrected chi connectivity index (χ2v) is 5.59. The molecule has 0 aliphatic carbocycles. The van der Waals surface area contributed by atoms with Gasteiger partial charge in [0.1, 0.15) is 0 Å². The van der Waals surface area contributed by atoms with E-state index in [0.717, 1.165) is 45.1 Å². The Kier molecular flexibility index (Phi) is 5.91. The molecule has 1 fully saturated rings. The molecule has 0 amide bonds. The summed E-state index contributed by atoms with van der Waals surface area (Å²) in [5.41, 5.74) is 1.12. The third-order valence-electron chi connectivity index (χ3n) is 3.80. The van der Waals surface area contributed by atoms with E-state index in [0.29, 0.717) is 18.1 Å². The van der Waals surface area contributed by atoms with Crippen LogP contribution in [0.3, 0.4) is 0 Å². The molecular formula is C16H22N6O3. The quantitative estimate of drug-likeness (QED) is 0.740. The van der Waals surface area contributed by atoms with Gasteiger partial charge in [-0.2, -0.15) is 5.10 Å². The molecule has 1 aliphatic heterocycles. The van der Waals surface area contributed by atoms with Gasteiger partial charge in [0, 0.05) is 38.2 Å². The Hall–Kier alpha value is -2.52.